The monoisotopic (exact) mass is 388 g/mol. The fourth-order valence-corrected chi connectivity index (χ4v) is 4.17. The first kappa shape index (κ1) is 20.1. The summed E-state index contributed by atoms with van der Waals surface area (Å²) in [5.74, 6) is 0.105. The van der Waals surface area contributed by atoms with Crippen LogP contribution in [-0.2, 0) is 4.79 Å². The third kappa shape index (κ3) is 4.61. The highest BCUT2D eigenvalue weighted by Crippen LogP contribution is 2.27. The smallest absolute Gasteiger partial charge is 0.270 e. The van der Waals surface area contributed by atoms with Crippen LogP contribution in [0.1, 0.15) is 55.3 Å². The topological polar surface area (TPSA) is 105 Å². The van der Waals surface area contributed by atoms with Gasteiger partial charge in [0.1, 0.15) is 0 Å². The van der Waals surface area contributed by atoms with Gasteiger partial charge in [0.2, 0.25) is 5.91 Å². The zero-order valence-electron chi connectivity index (χ0n) is 16.3. The maximum Gasteiger partial charge on any atom is 0.270 e. The standard InChI is InChI=1S/C20H28N4O4/c1-21-18-8-7-16(24(27)28)13-17(18)19(25)22-15-9-11-23(12-10-15)20(26)14-5-3-2-4-6-14/h7-8,13-15,21H,2-6,9-12H2,1H3,(H,22,25). The highest BCUT2D eigenvalue weighted by atomic mass is 16.6. The third-order valence-electron chi connectivity index (χ3n) is 5.82. The number of hydrogen-bond acceptors (Lipinski definition) is 5. The van der Waals surface area contributed by atoms with Crippen molar-refractivity contribution < 1.29 is 14.5 Å². The molecule has 2 amide bonds. The van der Waals surface area contributed by atoms with E-state index in [0.29, 0.717) is 31.6 Å². The third-order valence-corrected chi connectivity index (χ3v) is 5.82. The number of carbonyl (C=O) groups is 2. The molecule has 0 radical (unpaired) electrons. The van der Waals surface area contributed by atoms with Crippen LogP contribution in [-0.4, -0.2) is 47.8 Å². The molecule has 0 unspecified atom stereocenters. The molecule has 1 aliphatic carbocycles. The van der Waals surface area contributed by atoms with Gasteiger partial charge in [0.15, 0.2) is 0 Å². The van der Waals surface area contributed by atoms with Gasteiger partial charge in [-0.2, -0.15) is 0 Å². The Kier molecular flexibility index (Phi) is 6.49. The molecule has 1 heterocycles. The number of non-ortho nitro benzene ring substituents is 1. The van der Waals surface area contributed by atoms with E-state index in [9.17, 15) is 19.7 Å². The van der Waals surface area contributed by atoms with Crippen LogP contribution in [0.5, 0.6) is 0 Å². The molecule has 2 N–H and O–H groups in total. The number of hydrogen-bond donors (Lipinski definition) is 2. The second-order valence-corrected chi connectivity index (χ2v) is 7.64. The van der Waals surface area contributed by atoms with E-state index in [2.05, 4.69) is 10.6 Å². The second kappa shape index (κ2) is 9.03. The Bertz CT molecular complexity index is 738. The summed E-state index contributed by atoms with van der Waals surface area (Å²) < 4.78 is 0. The van der Waals surface area contributed by atoms with Crippen molar-refractivity contribution in [1.29, 1.82) is 0 Å². The summed E-state index contributed by atoms with van der Waals surface area (Å²) in [6, 6.07) is 4.17. The van der Waals surface area contributed by atoms with Gasteiger partial charge in [-0.15, -0.1) is 0 Å². The Labute approximate surface area is 164 Å². The molecule has 3 rings (SSSR count). The van der Waals surface area contributed by atoms with Gasteiger partial charge >= 0.3 is 0 Å². The van der Waals surface area contributed by atoms with E-state index < -0.39 is 4.92 Å². The van der Waals surface area contributed by atoms with Crippen molar-refractivity contribution in [2.24, 2.45) is 5.92 Å². The molecule has 0 atom stereocenters. The van der Waals surface area contributed by atoms with E-state index in [0.717, 1.165) is 25.7 Å². The second-order valence-electron chi connectivity index (χ2n) is 7.64. The highest BCUT2D eigenvalue weighted by Gasteiger charge is 2.30. The van der Waals surface area contributed by atoms with Gasteiger partial charge in [-0.05, 0) is 31.7 Å². The average molecular weight is 388 g/mol. The minimum atomic E-state index is -0.508. The maximum atomic E-state index is 12.7. The van der Waals surface area contributed by atoms with Crippen LogP contribution in [0.2, 0.25) is 0 Å². The highest BCUT2D eigenvalue weighted by molar-refractivity contribution is 6.00. The summed E-state index contributed by atoms with van der Waals surface area (Å²) in [4.78, 5) is 37.8. The molecule has 0 spiro atoms. The van der Waals surface area contributed by atoms with Crippen LogP contribution in [0.4, 0.5) is 11.4 Å². The van der Waals surface area contributed by atoms with Gasteiger partial charge in [-0.3, -0.25) is 19.7 Å². The maximum absolute atomic E-state index is 12.7. The number of anilines is 1. The Morgan fingerprint density at radius 1 is 1.11 bits per heavy atom. The molecular formula is C20H28N4O4. The first-order chi connectivity index (χ1) is 13.5. The number of nitro groups is 1. The zero-order chi connectivity index (χ0) is 20.1. The summed E-state index contributed by atoms with van der Waals surface area (Å²) in [6.45, 7) is 1.29. The number of rotatable bonds is 5. The molecule has 2 fully saturated rings. The molecule has 2 aliphatic rings. The molecule has 1 saturated heterocycles. The predicted octanol–water partition coefficient (Wildman–Crippen LogP) is 2.94. The minimum absolute atomic E-state index is 0.0353. The number of amides is 2. The number of nitrogens with zero attached hydrogens (tertiary/aromatic N) is 2. The zero-order valence-corrected chi connectivity index (χ0v) is 16.3. The number of piperidine rings is 1. The van der Waals surface area contributed by atoms with Crippen molar-refractivity contribution in [3.8, 4) is 0 Å². The van der Waals surface area contributed by atoms with Crippen molar-refractivity contribution in [3.63, 3.8) is 0 Å². The molecule has 28 heavy (non-hydrogen) atoms. The summed E-state index contributed by atoms with van der Waals surface area (Å²) in [6.07, 6.45) is 6.90. The van der Waals surface area contributed by atoms with Crippen molar-refractivity contribution in [3.05, 3.63) is 33.9 Å². The normalized spacial score (nSPS) is 18.5. The van der Waals surface area contributed by atoms with E-state index >= 15 is 0 Å². The molecule has 8 heteroatoms. The summed E-state index contributed by atoms with van der Waals surface area (Å²) in [7, 11) is 1.67. The largest absolute Gasteiger partial charge is 0.387 e. The molecule has 8 nitrogen and oxygen atoms in total. The van der Waals surface area contributed by atoms with E-state index in [4.69, 9.17) is 0 Å². The lowest BCUT2D eigenvalue weighted by molar-refractivity contribution is -0.384. The van der Waals surface area contributed by atoms with Gasteiger partial charge in [-0.25, -0.2) is 0 Å². The van der Waals surface area contributed by atoms with E-state index in [-0.39, 0.29) is 35.0 Å². The van der Waals surface area contributed by atoms with Crippen LogP contribution in [0, 0.1) is 16.0 Å². The Morgan fingerprint density at radius 2 is 1.79 bits per heavy atom. The number of likely N-dealkylation sites (tertiary alicyclic amines) is 1. The first-order valence-corrected chi connectivity index (χ1v) is 10.1. The lowest BCUT2D eigenvalue weighted by Gasteiger charge is -2.35. The van der Waals surface area contributed by atoms with Crippen molar-refractivity contribution >= 4 is 23.2 Å². The van der Waals surface area contributed by atoms with Crippen LogP contribution >= 0.6 is 0 Å². The summed E-state index contributed by atoms with van der Waals surface area (Å²) in [5, 5.41) is 16.9. The molecule has 152 valence electrons. The van der Waals surface area contributed by atoms with Crippen LogP contribution < -0.4 is 10.6 Å². The molecule has 0 aromatic heterocycles. The Hall–Kier alpha value is -2.64. The summed E-state index contributed by atoms with van der Waals surface area (Å²) in [5.41, 5.74) is 0.697. The van der Waals surface area contributed by atoms with Gasteiger partial charge in [0, 0.05) is 49.9 Å². The quantitative estimate of drug-likeness (QED) is 0.596. The van der Waals surface area contributed by atoms with Crippen LogP contribution in [0.3, 0.4) is 0 Å². The molecular weight excluding hydrogens is 360 g/mol. The van der Waals surface area contributed by atoms with Gasteiger partial charge in [0.05, 0.1) is 10.5 Å². The minimum Gasteiger partial charge on any atom is -0.387 e. The van der Waals surface area contributed by atoms with Crippen molar-refractivity contribution in [2.75, 3.05) is 25.5 Å². The lowest BCUT2D eigenvalue weighted by atomic mass is 9.87. The molecule has 1 saturated carbocycles. The first-order valence-electron chi connectivity index (χ1n) is 10.1. The average Bonchev–Trinajstić information content (AvgIpc) is 2.73. The van der Waals surface area contributed by atoms with E-state index in [1.165, 1.54) is 18.6 Å². The van der Waals surface area contributed by atoms with Crippen LogP contribution in [0.25, 0.3) is 0 Å². The van der Waals surface area contributed by atoms with E-state index in [1.807, 2.05) is 4.90 Å². The number of nitrogens with one attached hydrogen (secondary N) is 2. The molecule has 0 bridgehead atoms. The predicted molar refractivity (Wildman–Crippen MR) is 106 cm³/mol. The SMILES string of the molecule is CNc1ccc([N+](=O)[O-])cc1C(=O)NC1CCN(C(=O)C2CCCCC2)CC1. The molecule has 1 aromatic carbocycles. The van der Waals surface area contributed by atoms with Gasteiger partial charge in [0.25, 0.3) is 11.6 Å². The van der Waals surface area contributed by atoms with E-state index in [1.54, 1.807) is 13.1 Å². The number of nitro benzene ring substituents is 1. The van der Waals surface area contributed by atoms with Crippen LogP contribution in [0.15, 0.2) is 18.2 Å². The number of benzene rings is 1. The fraction of sp³-hybridized carbons (Fsp3) is 0.600. The lowest BCUT2D eigenvalue weighted by Crippen LogP contribution is -2.48. The van der Waals surface area contributed by atoms with Gasteiger partial charge in [-0.1, -0.05) is 19.3 Å². The fourth-order valence-electron chi connectivity index (χ4n) is 4.17. The summed E-state index contributed by atoms with van der Waals surface area (Å²) >= 11 is 0. The number of carbonyl (C=O) groups excluding carboxylic acids is 2. The Balaban J connectivity index is 1.57. The molecule has 1 aromatic rings. The van der Waals surface area contributed by atoms with Crippen molar-refractivity contribution in [2.45, 2.75) is 51.0 Å². The molecule has 1 aliphatic heterocycles. The Morgan fingerprint density at radius 3 is 2.39 bits per heavy atom. The van der Waals surface area contributed by atoms with Gasteiger partial charge < -0.3 is 15.5 Å². The van der Waals surface area contributed by atoms with Crippen molar-refractivity contribution in [1.82, 2.24) is 10.2 Å².